The highest BCUT2D eigenvalue weighted by Crippen LogP contribution is 2.25. The fourth-order valence-corrected chi connectivity index (χ4v) is 3.10. The molecule has 0 amide bonds. The lowest BCUT2D eigenvalue weighted by Crippen LogP contribution is -2.25. The second-order valence-electron chi connectivity index (χ2n) is 4.44. The molecule has 0 unspecified atom stereocenters. The number of aryl methyl sites for hydroxylation is 1. The van der Waals surface area contributed by atoms with Gasteiger partial charge < -0.3 is 4.74 Å². The first-order valence-corrected chi connectivity index (χ1v) is 8.20. The smallest absolute Gasteiger partial charge is 0.244 e. The summed E-state index contributed by atoms with van der Waals surface area (Å²) in [6.45, 7) is 4.55. The Bertz CT molecular complexity index is 497. The molecule has 0 atom stereocenters. The number of unbranched alkanes of at least 4 members (excludes halogenated alkanes) is 2. The van der Waals surface area contributed by atoms with Crippen LogP contribution in [0.25, 0.3) is 0 Å². The number of hydrogen-bond donors (Lipinski definition) is 1. The molecule has 1 aromatic rings. The van der Waals surface area contributed by atoms with Crippen LogP contribution in [0.5, 0.6) is 5.75 Å². The summed E-state index contributed by atoms with van der Waals surface area (Å²) in [6, 6.07) is 5.27. The highest BCUT2D eigenvalue weighted by Gasteiger charge is 2.19. The summed E-state index contributed by atoms with van der Waals surface area (Å²) in [4.78, 5) is 0.228. The third-order valence-electron chi connectivity index (χ3n) is 3.00. The summed E-state index contributed by atoms with van der Waals surface area (Å²) in [5.41, 5.74) is 0.981. The molecule has 0 radical (unpaired) electrons. The quantitative estimate of drug-likeness (QED) is 0.747. The van der Waals surface area contributed by atoms with Gasteiger partial charge >= 0.3 is 0 Å². The van der Waals surface area contributed by atoms with Crippen molar-refractivity contribution in [3.8, 4) is 5.75 Å². The van der Waals surface area contributed by atoms with E-state index < -0.39 is 10.0 Å². The molecule has 0 aromatic heterocycles. The number of sulfonamides is 1. The average Bonchev–Trinajstić information content (AvgIpc) is 2.43. The van der Waals surface area contributed by atoms with Crippen molar-refractivity contribution < 1.29 is 13.2 Å². The van der Waals surface area contributed by atoms with Gasteiger partial charge in [-0.05, 0) is 30.5 Å². The first kappa shape index (κ1) is 16.0. The Morgan fingerprint density at radius 2 is 1.95 bits per heavy atom. The monoisotopic (exact) mass is 285 g/mol. The standard InChI is InChI=1S/C14H23NO3S/c1-4-6-7-10-15-19(16,17)14-11-12(5-2)8-9-13(14)18-3/h8-9,11,15H,4-7,10H2,1-3H3. The zero-order valence-corrected chi connectivity index (χ0v) is 12.7. The molecule has 0 saturated carbocycles. The summed E-state index contributed by atoms with van der Waals surface area (Å²) in [5.74, 6) is 0.389. The minimum Gasteiger partial charge on any atom is -0.495 e. The van der Waals surface area contributed by atoms with Gasteiger partial charge in [0.05, 0.1) is 7.11 Å². The van der Waals surface area contributed by atoms with Crippen LogP contribution in [0, 0.1) is 0 Å². The Kier molecular flexibility index (Phi) is 6.31. The molecule has 0 heterocycles. The lowest BCUT2D eigenvalue weighted by molar-refractivity contribution is 0.402. The molecule has 4 nitrogen and oxygen atoms in total. The molecule has 0 aliphatic heterocycles. The Morgan fingerprint density at radius 3 is 2.53 bits per heavy atom. The molecule has 0 aliphatic rings. The zero-order chi connectivity index (χ0) is 14.3. The summed E-state index contributed by atoms with van der Waals surface area (Å²) >= 11 is 0. The molecule has 5 heteroatoms. The van der Waals surface area contributed by atoms with Crippen LogP contribution >= 0.6 is 0 Å². The highest BCUT2D eigenvalue weighted by molar-refractivity contribution is 7.89. The van der Waals surface area contributed by atoms with Gasteiger partial charge in [0.15, 0.2) is 0 Å². The summed E-state index contributed by atoms with van der Waals surface area (Å²) in [7, 11) is -2.01. The van der Waals surface area contributed by atoms with E-state index in [0.717, 1.165) is 31.2 Å². The minimum absolute atomic E-state index is 0.228. The van der Waals surface area contributed by atoms with Crippen molar-refractivity contribution >= 4 is 10.0 Å². The highest BCUT2D eigenvalue weighted by atomic mass is 32.2. The minimum atomic E-state index is -3.49. The fourth-order valence-electron chi connectivity index (χ4n) is 1.81. The van der Waals surface area contributed by atoms with E-state index in [1.807, 2.05) is 13.0 Å². The van der Waals surface area contributed by atoms with Gasteiger partial charge in [0, 0.05) is 6.54 Å². The maximum atomic E-state index is 12.3. The zero-order valence-electron chi connectivity index (χ0n) is 11.9. The van der Waals surface area contributed by atoms with Gasteiger partial charge in [-0.25, -0.2) is 13.1 Å². The SMILES string of the molecule is CCCCCNS(=O)(=O)c1cc(CC)ccc1OC. The van der Waals surface area contributed by atoms with E-state index in [4.69, 9.17) is 4.74 Å². The third kappa shape index (κ3) is 4.51. The number of methoxy groups -OCH3 is 1. The van der Waals surface area contributed by atoms with E-state index in [-0.39, 0.29) is 4.90 Å². The molecular formula is C14H23NO3S. The van der Waals surface area contributed by atoms with Gasteiger partial charge in [-0.2, -0.15) is 0 Å². The van der Waals surface area contributed by atoms with Gasteiger partial charge in [-0.3, -0.25) is 0 Å². The Morgan fingerprint density at radius 1 is 1.21 bits per heavy atom. The van der Waals surface area contributed by atoms with Crippen molar-refractivity contribution in [2.24, 2.45) is 0 Å². The van der Waals surface area contributed by atoms with E-state index in [2.05, 4.69) is 11.6 Å². The van der Waals surface area contributed by atoms with E-state index in [1.165, 1.54) is 7.11 Å². The molecule has 0 aliphatic carbocycles. The van der Waals surface area contributed by atoms with Crippen molar-refractivity contribution in [1.29, 1.82) is 0 Å². The van der Waals surface area contributed by atoms with Crippen molar-refractivity contribution in [3.63, 3.8) is 0 Å². The predicted octanol–water partition coefficient (Wildman–Crippen LogP) is 2.73. The van der Waals surface area contributed by atoms with Gasteiger partial charge in [0.1, 0.15) is 10.6 Å². The van der Waals surface area contributed by atoms with Crippen molar-refractivity contribution in [3.05, 3.63) is 23.8 Å². The molecule has 0 fully saturated rings. The van der Waals surface area contributed by atoms with Crippen molar-refractivity contribution in [2.45, 2.75) is 44.4 Å². The van der Waals surface area contributed by atoms with Gasteiger partial charge in [-0.15, -0.1) is 0 Å². The van der Waals surface area contributed by atoms with Crippen LogP contribution in [0.4, 0.5) is 0 Å². The molecule has 19 heavy (non-hydrogen) atoms. The first-order chi connectivity index (χ1) is 9.05. The number of rotatable bonds is 8. The molecule has 0 bridgehead atoms. The summed E-state index contributed by atoms with van der Waals surface area (Å²) in [6.07, 6.45) is 3.74. The van der Waals surface area contributed by atoms with Gasteiger partial charge in [0.2, 0.25) is 10.0 Å². The fraction of sp³-hybridized carbons (Fsp3) is 0.571. The summed E-state index contributed by atoms with van der Waals surface area (Å²) < 4.78 is 32.3. The van der Waals surface area contributed by atoms with E-state index in [9.17, 15) is 8.42 Å². The van der Waals surface area contributed by atoms with Crippen LogP contribution in [-0.4, -0.2) is 22.1 Å². The second kappa shape index (κ2) is 7.50. The van der Waals surface area contributed by atoms with Crippen LogP contribution in [0.1, 0.15) is 38.7 Å². The summed E-state index contributed by atoms with van der Waals surface area (Å²) in [5, 5.41) is 0. The lowest BCUT2D eigenvalue weighted by atomic mass is 10.2. The van der Waals surface area contributed by atoms with Gasteiger partial charge in [0.25, 0.3) is 0 Å². The Balaban J connectivity index is 2.92. The Labute approximate surface area is 116 Å². The molecular weight excluding hydrogens is 262 g/mol. The molecule has 1 aromatic carbocycles. The molecule has 0 spiro atoms. The van der Waals surface area contributed by atoms with Crippen LogP contribution in [-0.2, 0) is 16.4 Å². The largest absolute Gasteiger partial charge is 0.495 e. The predicted molar refractivity (Wildman–Crippen MR) is 77.1 cm³/mol. The molecule has 1 N–H and O–H groups in total. The third-order valence-corrected chi connectivity index (χ3v) is 4.48. The average molecular weight is 285 g/mol. The van der Waals surface area contributed by atoms with E-state index >= 15 is 0 Å². The number of ether oxygens (including phenoxy) is 1. The van der Waals surface area contributed by atoms with Crippen LogP contribution in [0.2, 0.25) is 0 Å². The van der Waals surface area contributed by atoms with E-state index in [1.54, 1.807) is 12.1 Å². The van der Waals surface area contributed by atoms with Crippen LogP contribution < -0.4 is 9.46 Å². The van der Waals surface area contributed by atoms with Crippen molar-refractivity contribution in [1.82, 2.24) is 4.72 Å². The van der Waals surface area contributed by atoms with E-state index in [0.29, 0.717) is 12.3 Å². The number of hydrogen-bond acceptors (Lipinski definition) is 3. The topological polar surface area (TPSA) is 55.4 Å². The van der Waals surface area contributed by atoms with Gasteiger partial charge in [-0.1, -0.05) is 32.8 Å². The second-order valence-corrected chi connectivity index (χ2v) is 6.18. The number of nitrogens with one attached hydrogen (secondary N) is 1. The normalized spacial score (nSPS) is 11.5. The molecule has 108 valence electrons. The number of benzene rings is 1. The lowest BCUT2D eigenvalue weighted by Gasteiger charge is -2.12. The molecule has 1 rings (SSSR count). The van der Waals surface area contributed by atoms with Crippen LogP contribution in [0.3, 0.4) is 0 Å². The molecule has 0 saturated heterocycles. The Hall–Kier alpha value is -1.07. The van der Waals surface area contributed by atoms with Crippen molar-refractivity contribution in [2.75, 3.05) is 13.7 Å². The van der Waals surface area contributed by atoms with Crippen LogP contribution in [0.15, 0.2) is 23.1 Å². The maximum absolute atomic E-state index is 12.3. The first-order valence-electron chi connectivity index (χ1n) is 6.71. The maximum Gasteiger partial charge on any atom is 0.244 e.